The minimum atomic E-state index is -0.471. The lowest BCUT2D eigenvalue weighted by Gasteiger charge is -2.23. The number of carbonyl (C=O) groups excluding carboxylic acids is 1. The summed E-state index contributed by atoms with van der Waals surface area (Å²) < 4.78 is 7.18. The molecule has 0 spiro atoms. The number of hydrogen-bond donors (Lipinski definition) is 2. The lowest BCUT2D eigenvalue weighted by molar-refractivity contribution is 0.0506. The van der Waals surface area contributed by atoms with Crippen molar-refractivity contribution in [3.8, 4) is 0 Å². The number of nitrogens with zero attached hydrogens (tertiary/aromatic N) is 2. The number of aromatic nitrogens is 2. The Morgan fingerprint density at radius 1 is 1.36 bits per heavy atom. The number of nitrogens with one attached hydrogen (secondary N) is 2. The number of carbonyl (C=O) groups is 1. The quantitative estimate of drug-likeness (QED) is 0.810. The number of hydrogen-bond acceptors (Lipinski definition) is 4. The Kier molecular flexibility index (Phi) is 6.71. The molecule has 0 saturated carbocycles. The summed E-state index contributed by atoms with van der Waals surface area (Å²) in [7, 11) is 0. The fraction of sp³-hybridized carbons (Fsp3) is 0.750. The van der Waals surface area contributed by atoms with Crippen LogP contribution in [0.25, 0.3) is 0 Å². The van der Waals surface area contributed by atoms with Crippen LogP contribution < -0.4 is 10.6 Å². The molecular formula is C16H30N4O2. The normalized spacial score (nSPS) is 14.3. The third-order valence-electron chi connectivity index (χ3n) is 2.97. The first-order valence-corrected chi connectivity index (χ1v) is 7.98. The highest BCUT2D eigenvalue weighted by molar-refractivity contribution is 5.68. The van der Waals surface area contributed by atoms with Crippen LogP contribution in [-0.2, 0) is 11.3 Å². The molecule has 1 aromatic rings. The second-order valence-electron chi connectivity index (χ2n) is 6.82. The summed E-state index contributed by atoms with van der Waals surface area (Å²) in [6.07, 6.45) is 5.33. The Labute approximate surface area is 133 Å². The summed E-state index contributed by atoms with van der Waals surface area (Å²) in [4.78, 5) is 11.7. The maximum Gasteiger partial charge on any atom is 0.407 e. The summed E-state index contributed by atoms with van der Waals surface area (Å²) in [6, 6.07) is 0.257. The van der Waals surface area contributed by atoms with Gasteiger partial charge in [-0.2, -0.15) is 5.10 Å². The van der Waals surface area contributed by atoms with Crippen LogP contribution in [0.2, 0.25) is 0 Å². The van der Waals surface area contributed by atoms with Gasteiger partial charge in [-0.3, -0.25) is 4.68 Å². The van der Waals surface area contributed by atoms with E-state index in [1.54, 1.807) is 0 Å². The van der Waals surface area contributed by atoms with Crippen molar-refractivity contribution in [3.63, 3.8) is 0 Å². The van der Waals surface area contributed by atoms with Crippen LogP contribution >= 0.6 is 0 Å². The first kappa shape index (κ1) is 18.3. The Hall–Kier alpha value is -1.72. The van der Waals surface area contributed by atoms with Crippen molar-refractivity contribution in [1.82, 2.24) is 15.1 Å². The molecule has 1 amide bonds. The Morgan fingerprint density at radius 2 is 2.05 bits per heavy atom. The second kappa shape index (κ2) is 8.06. The van der Waals surface area contributed by atoms with Crippen molar-refractivity contribution in [3.05, 3.63) is 12.4 Å². The maximum atomic E-state index is 11.7. The zero-order valence-corrected chi connectivity index (χ0v) is 14.6. The molecule has 1 heterocycles. The second-order valence-corrected chi connectivity index (χ2v) is 6.82. The van der Waals surface area contributed by atoms with E-state index in [1.165, 1.54) is 0 Å². The van der Waals surface area contributed by atoms with E-state index >= 15 is 0 Å². The molecule has 0 aliphatic heterocycles. The predicted octanol–water partition coefficient (Wildman–Crippen LogP) is 3.40. The van der Waals surface area contributed by atoms with E-state index in [9.17, 15) is 4.79 Å². The molecule has 1 aromatic heterocycles. The van der Waals surface area contributed by atoms with Gasteiger partial charge in [-0.1, -0.05) is 6.92 Å². The van der Waals surface area contributed by atoms with Crippen LogP contribution in [0.4, 0.5) is 10.5 Å². The average molecular weight is 310 g/mol. The summed E-state index contributed by atoms with van der Waals surface area (Å²) in [6.45, 7) is 12.7. The fourth-order valence-electron chi connectivity index (χ4n) is 2.23. The van der Waals surface area contributed by atoms with Crippen molar-refractivity contribution in [2.24, 2.45) is 0 Å². The van der Waals surface area contributed by atoms with Gasteiger partial charge in [0.15, 0.2) is 0 Å². The van der Waals surface area contributed by atoms with Gasteiger partial charge in [-0.25, -0.2) is 4.79 Å². The molecular weight excluding hydrogens is 280 g/mol. The number of anilines is 1. The Morgan fingerprint density at radius 3 is 2.64 bits per heavy atom. The van der Waals surface area contributed by atoms with Gasteiger partial charge in [-0.05, 0) is 47.5 Å². The van der Waals surface area contributed by atoms with Crippen LogP contribution in [0.15, 0.2) is 12.4 Å². The number of ether oxygens (including phenoxy) is 1. The SMILES string of the molecule is CCCn1cc(NC(C)CC(C)NC(=O)OC(C)(C)C)cn1. The van der Waals surface area contributed by atoms with E-state index < -0.39 is 5.60 Å². The first-order valence-electron chi connectivity index (χ1n) is 7.98. The van der Waals surface area contributed by atoms with Crippen LogP contribution in [0, 0.1) is 0 Å². The molecule has 0 radical (unpaired) electrons. The standard InChI is InChI=1S/C16H30N4O2/c1-7-8-20-11-14(10-17-20)18-12(2)9-13(3)19-15(21)22-16(4,5)6/h10-13,18H,7-9H2,1-6H3,(H,19,21). The van der Waals surface area contributed by atoms with Crippen molar-refractivity contribution < 1.29 is 9.53 Å². The van der Waals surface area contributed by atoms with Gasteiger partial charge in [0.05, 0.1) is 11.9 Å². The molecule has 2 atom stereocenters. The van der Waals surface area contributed by atoms with Gasteiger partial charge < -0.3 is 15.4 Å². The van der Waals surface area contributed by atoms with Gasteiger partial charge in [-0.15, -0.1) is 0 Å². The minimum absolute atomic E-state index is 0.0306. The highest BCUT2D eigenvalue weighted by atomic mass is 16.6. The fourth-order valence-corrected chi connectivity index (χ4v) is 2.23. The Bertz CT molecular complexity index is 465. The van der Waals surface area contributed by atoms with E-state index in [-0.39, 0.29) is 18.2 Å². The summed E-state index contributed by atoms with van der Waals surface area (Å²) in [5, 5.41) is 10.5. The molecule has 0 aliphatic carbocycles. The molecule has 2 N–H and O–H groups in total. The van der Waals surface area contributed by atoms with Crippen molar-refractivity contribution >= 4 is 11.8 Å². The van der Waals surface area contributed by atoms with Gasteiger partial charge in [0.2, 0.25) is 0 Å². The van der Waals surface area contributed by atoms with E-state index in [4.69, 9.17) is 4.74 Å². The largest absolute Gasteiger partial charge is 0.444 e. The van der Waals surface area contributed by atoms with E-state index in [0.29, 0.717) is 0 Å². The van der Waals surface area contributed by atoms with Crippen LogP contribution in [-0.4, -0.2) is 33.6 Å². The number of alkyl carbamates (subject to hydrolysis) is 1. The lowest BCUT2D eigenvalue weighted by Crippen LogP contribution is -2.39. The molecule has 6 nitrogen and oxygen atoms in total. The molecule has 0 fully saturated rings. The number of amides is 1. The summed E-state index contributed by atoms with van der Waals surface area (Å²) in [5.41, 5.74) is 0.534. The van der Waals surface area contributed by atoms with Gasteiger partial charge >= 0.3 is 6.09 Å². The van der Waals surface area contributed by atoms with Gasteiger partial charge in [0.25, 0.3) is 0 Å². The smallest absolute Gasteiger partial charge is 0.407 e. The van der Waals surface area contributed by atoms with Gasteiger partial charge in [0, 0.05) is 24.8 Å². The maximum absolute atomic E-state index is 11.7. The third-order valence-corrected chi connectivity index (χ3v) is 2.97. The topological polar surface area (TPSA) is 68.2 Å². The molecule has 22 heavy (non-hydrogen) atoms. The monoisotopic (exact) mass is 310 g/mol. The van der Waals surface area contributed by atoms with E-state index in [2.05, 4.69) is 29.6 Å². The van der Waals surface area contributed by atoms with Crippen LogP contribution in [0.3, 0.4) is 0 Å². The number of rotatable bonds is 7. The van der Waals surface area contributed by atoms with Gasteiger partial charge in [0.1, 0.15) is 5.60 Å². The third kappa shape index (κ3) is 7.33. The number of aryl methyl sites for hydroxylation is 1. The van der Waals surface area contributed by atoms with Crippen molar-refractivity contribution in [2.45, 2.75) is 78.6 Å². The summed E-state index contributed by atoms with van der Waals surface area (Å²) >= 11 is 0. The van der Waals surface area contributed by atoms with Crippen molar-refractivity contribution in [2.75, 3.05) is 5.32 Å². The molecule has 126 valence electrons. The molecule has 0 aromatic carbocycles. The van der Waals surface area contributed by atoms with Crippen LogP contribution in [0.1, 0.15) is 54.4 Å². The molecule has 0 saturated heterocycles. The highest BCUT2D eigenvalue weighted by Gasteiger charge is 2.18. The zero-order chi connectivity index (χ0) is 16.8. The zero-order valence-electron chi connectivity index (χ0n) is 14.6. The highest BCUT2D eigenvalue weighted by Crippen LogP contribution is 2.11. The summed E-state index contributed by atoms with van der Waals surface area (Å²) in [5.74, 6) is 0. The van der Waals surface area contributed by atoms with Crippen LogP contribution in [0.5, 0.6) is 0 Å². The molecule has 2 unspecified atom stereocenters. The lowest BCUT2D eigenvalue weighted by atomic mass is 10.1. The minimum Gasteiger partial charge on any atom is -0.444 e. The van der Waals surface area contributed by atoms with E-state index in [1.807, 2.05) is 44.8 Å². The molecule has 0 aliphatic rings. The molecule has 6 heteroatoms. The van der Waals surface area contributed by atoms with Crippen molar-refractivity contribution in [1.29, 1.82) is 0 Å². The average Bonchev–Trinajstić information content (AvgIpc) is 2.73. The first-order chi connectivity index (χ1) is 10.2. The van der Waals surface area contributed by atoms with E-state index in [0.717, 1.165) is 25.1 Å². The Balaban J connectivity index is 2.36. The molecule has 1 rings (SSSR count). The molecule has 0 bridgehead atoms. The predicted molar refractivity (Wildman–Crippen MR) is 89.1 cm³/mol.